The standard InChI is InChI=1S/C17H19NO3S/c1-9-5-11-12(19)6-13-17(14(11)22-9)7-10(17)8-18(13)15(20)21-16(2,3)4/h5-6,10H,7-8H2,1-4H3/t10-,17+/m0/s1. The molecular weight excluding hydrogens is 298 g/mol. The normalized spacial score (nSPS) is 28.7. The number of hydrogen-bond acceptors (Lipinski definition) is 4. The fraction of sp³-hybridized carbons (Fsp3) is 0.529. The van der Waals surface area contributed by atoms with E-state index in [1.807, 2.05) is 33.8 Å². The number of likely N-dealkylation sites (tertiary alicyclic amines) is 1. The predicted molar refractivity (Wildman–Crippen MR) is 84.2 cm³/mol. The Bertz CT molecular complexity index is 740. The first kappa shape index (κ1) is 14.0. The third-order valence-electron chi connectivity index (χ3n) is 4.66. The van der Waals surface area contributed by atoms with Gasteiger partial charge in [-0.05, 0) is 46.1 Å². The second kappa shape index (κ2) is 4.02. The van der Waals surface area contributed by atoms with Crippen LogP contribution >= 0.6 is 11.3 Å². The molecule has 0 radical (unpaired) electrons. The molecule has 0 unspecified atom stereocenters. The highest BCUT2D eigenvalue weighted by molar-refractivity contribution is 7.12. The van der Waals surface area contributed by atoms with E-state index in [0.717, 1.165) is 27.4 Å². The van der Waals surface area contributed by atoms with E-state index < -0.39 is 5.60 Å². The van der Waals surface area contributed by atoms with Crippen LogP contribution in [-0.2, 0) is 10.2 Å². The van der Waals surface area contributed by atoms with Crippen molar-refractivity contribution in [3.63, 3.8) is 0 Å². The lowest BCUT2D eigenvalue weighted by Crippen LogP contribution is -2.37. The van der Waals surface area contributed by atoms with Gasteiger partial charge in [-0.3, -0.25) is 9.69 Å². The van der Waals surface area contributed by atoms with Crippen molar-refractivity contribution in [2.75, 3.05) is 6.54 Å². The van der Waals surface area contributed by atoms with Crippen LogP contribution in [0.5, 0.6) is 0 Å². The minimum Gasteiger partial charge on any atom is -0.443 e. The molecule has 1 aromatic heterocycles. The number of allylic oxidation sites excluding steroid dienone is 2. The van der Waals surface area contributed by atoms with Crippen molar-refractivity contribution in [2.24, 2.45) is 5.92 Å². The van der Waals surface area contributed by atoms with Gasteiger partial charge in [-0.1, -0.05) is 0 Å². The molecule has 1 amide bonds. The molecule has 1 saturated heterocycles. The number of fused-ring (bicyclic) bond motifs is 1. The highest BCUT2D eigenvalue weighted by Crippen LogP contribution is 2.68. The van der Waals surface area contributed by atoms with Gasteiger partial charge in [0.2, 0.25) is 0 Å². The Morgan fingerprint density at radius 3 is 2.86 bits per heavy atom. The van der Waals surface area contributed by atoms with Gasteiger partial charge in [-0.25, -0.2) is 4.79 Å². The lowest BCUT2D eigenvalue weighted by Gasteiger charge is -2.29. The van der Waals surface area contributed by atoms with E-state index >= 15 is 0 Å². The molecular formula is C17H19NO3S. The zero-order chi connectivity index (χ0) is 15.9. The highest BCUT2D eigenvalue weighted by atomic mass is 32.1. The van der Waals surface area contributed by atoms with Crippen LogP contribution in [0.4, 0.5) is 4.79 Å². The average Bonchev–Trinajstić information content (AvgIpc) is 2.78. The number of ether oxygens (including phenoxy) is 1. The Kier molecular flexibility index (Phi) is 2.56. The van der Waals surface area contributed by atoms with Crippen molar-refractivity contribution in [2.45, 2.75) is 45.1 Å². The highest BCUT2D eigenvalue weighted by Gasteiger charge is 2.68. The van der Waals surface area contributed by atoms with Gasteiger partial charge in [0.1, 0.15) is 5.60 Å². The number of aryl methyl sites for hydroxylation is 1. The van der Waals surface area contributed by atoms with Gasteiger partial charge in [0.15, 0.2) is 5.78 Å². The summed E-state index contributed by atoms with van der Waals surface area (Å²) in [5.41, 5.74) is 1.06. The lowest BCUT2D eigenvalue weighted by molar-refractivity contribution is 0.0322. The summed E-state index contributed by atoms with van der Waals surface area (Å²) in [6.07, 6.45) is 2.36. The zero-order valence-electron chi connectivity index (χ0n) is 13.2. The minimum absolute atomic E-state index is 0.0149. The molecule has 1 aromatic rings. The number of hydrogen-bond donors (Lipinski definition) is 0. The minimum atomic E-state index is -0.527. The topological polar surface area (TPSA) is 46.6 Å². The van der Waals surface area contributed by atoms with E-state index in [2.05, 4.69) is 0 Å². The number of piperidine rings is 1. The molecule has 3 aliphatic rings. The summed E-state index contributed by atoms with van der Waals surface area (Å²) in [5, 5.41) is 0. The maximum Gasteiger partial charge on any atom is 0.414 e. The first-order chi connectivity index (χ1) is 10.2. The molecule has 116 valence electrons. The molecule has 0 N–H and O–H groups in total. The average molecular weight is 317 g/mol. The molecule has 2 fully saturated rings. The molecule has 2 atom stereocenters. The molecule has 2 heterocycles. The van der Waals surface area contributed by atoms with Gasteiger partial charge in [-0.15, -0.1) is 11.3 Å². The molecule has 5 heteroatoms. The van der Waals surface area contributed by atoms with Crippen molar-refractivity contribution in [3.05, 3.63) is 33.2 Å². The Morgan fingerprint density at radius 2 is 2.18 bits per heavy atom. The second-order valence-electron chi connectivity index (χ2n) is 7.46. The zero-order valence-corrected chi connectivity index (χ0v) is 14.0. The third-order valence-corrected chi connectivity index (χ3v) is 5.89. The van der Waals surface area contributed by atoms with Crippen LogP contribution in [0.3, 0.4) is 0 Å². The van der Waals surface area contributed by atoms with Crippen LogP contribution < -0.4 is 0 Å². The van der Waals surface area contributed by atoms with Crippen molar-refractivity contribution in [3.8, 4) is 0 Å². The van der Waals surface area contributed by atoms with Gasteiger partial charge in [-0.2, -0.15) is 0 Å². The summed E-state index contributed by atoms with van der Waals surface area (Å²) in [4.78, 5) is 28.9. The smallest absolute Gasteiger partial charge is 0.414 e. The third kappa shape index (κ3) is 1.75. The maximum absolute atomic E-state index is 12.5. The summed E-state index contributed by atoms with van der Waals surface area (Å²) in [6.45, 7) is 8.27. The Hall–Kier alpha value is -1.62. The first-order valence-corrected chi connectivity index (χ1v) is 8.42. The number of nitrogens with zero attached hydrogens (tertiary/aromatic N) is 1. The van der Waals surface area contributed by atoms with E-state index in [4.69, 9.17) is 4.74 Å². The fourth-order valence-electron chi connectivity index (χ4n) is 3.74. The fourth-order valence-corrected chi connectivity index (χ4v) is 5.05. The molecule has 1 saturated carbocycles. The van der Waals surface area contributed by atoms with Crippen molar-refractivity contribution >= 4 is 23.2 Å². The number of carbonyl (C=O) groups excluding carboxylic acids is 2. The summed E-state index contributed by atoms with van der Waals surface area (Å²) < 4.78 is 5.50. The van der Waals surface area contributed by atoms with E-state index in [9.17, 15) is 9.59 Å². The van der Waals surface area contributed by atoms with Gasteiger partial charge >= 0.3 is 6.09 Å². The van der Waals surface area contributed by atoms with Crippen molar-refractivity contribution in [1.29, 1.82) is 0 Å². The summed E-state index contributed by atoms with van der Waals surface area (Å²) >= 11 is 1.70. The molecule has 4 nitrogen and oxygen atoms in total. The van der Waals surface area contributed by atoms with Gasteiger partial charge in [0.25, 0.3) is 0 Å². The molecule has 1 aliphatic heterocycles. The number of amides is 1. The first-order valence-electron chi connectivity index (χ1n) is 7.60. The summed E-state index contributed by atoms with van der Waals surface area (Å²) in [6, 6.07) is 1.98. The number of thiophene rings is 1. The van der Waals surface area contributed by atoms with E-state index in [0.29, 0.717) is 12.5 Å². The summed E-state index contributed by atoms with van der Waals surface area (Å²) in [7, 11) is 0. The van der Waals surface area contributed by atoms with E-state index in [-0.39, 0.29) is 17.3 Å². The maximum atomic E-state index is 12.5. The van der Waals surface area contributed by atoms with Crippen LogP contribution in [0.15, 0.2) is 17.8 Å². The molecule has 2 aliphatic carbocycles. The predicted octanol–water partition coefficient (Wildman–Crippen LogP) is 3.65. The van der Waals surface area contributed by atoms with Gasteiger partial charge in [0, 0.05) is 33.6 Å². The number of ketones is 1. The SMILES string of the molecule is Cc1cc2c(s1)[C@]13C[C@H]1CN(C(=O)OC(C)(C)C)C3=CC2=O. The quantitative estimate of drug-likeness (QED) is 0.734. The Labute approximate surface area is 133 Å². The van der Waals surface area contributed by atoms with Crippen molar-refractivity contribution in [1.82, 2.24) is 4.90 Å². The van der Waals surface area contributed by atoms with Crippen LogP contribution in [0.1, 0.15) is 47.3 Å². The van der Waals surface area contributed by atoms with E-state index in [1.165, 1.54) is 0 Å². The molecule has 0 bridgehead atoms. The van der Waals surface area contributed by atoms with Crippen LogP contribution in [-0.4, -0.2) is 28.9 Å². The Morgan fingerprint density at radius 1 is 1.45 bits per heavy atom. The van der Waals surface area contributed by atoms with E-state index in [1.54, 1.807) is 22.3 Å². The van der Waals surface area contributed by atoms with Gasteiger partial charge in [0.05, 0.1) is 5.41 Å². The number of carbonyl (C=O) groups is 2. The van der Waals surface area contributed by atoms with Crippen LogP contribution in [0.2, 0.25) is 0 Å². The summed E-state index contributed by atoms with van der Waals surface area (Å²) in [5.74, 6) is 0.442. The molecule has 4 rings (SSSR count). The molecule has 0 aromatic carbocycles. The lowest BCUT2D eigenvalue weighted by atomic mass is 9.88. The molecule has 22 heavy (non-hydrogen) atoms. The monoisotopic (exact) mass is 317 g/mol. The number of rotatable bonds is 0. The van der Waals surface area contributed by atoms with Crippen LogP contribution in [0.25, 0.3) is 0 Å². The van der Waals surface area contributed by atoms with Gasteiger partial charge < -0.3 is 4.74 Å². The second-order valence-corrected chi connectivity index (χ2v) is 8.71. The molecule has 1 spiro atoms. The van der Waals surface area contributed by atoms with Crippen molar-refractivity contribution < 1.29 is 14.3 Å². The largest absolute Gasteiger partial charge is 0.443 e. The Balaban J connectivity index is 1.73. The van der Waals surface area contributed by atoms with Crippen LogP contribution in [0, 0.1) is 12.8 Å².